The zero-order chi connectivity index (χ0) is 13.2. The summed E-state index contributed by atoms with van der Waals surface area (Å²) in [4.78, 5) is 0. The lowest BCUT2D eigenvalue weighted by atomic mass is 9.80. The van der Waals surface area contributed by atoms with Crippen LogP contribution in [0.25, 0.3) is 0 Å². The Labute approximate surface area is 120 Å². The van der Waals surface area contributed by atoms with Gasteiger partial charge in [-0.05, 0) is 29.9 Å². The Bertz CT molecular complexity index is 457. The molecule has 1 aromatic carbocycles. The summed E-state index contributed by atoms with van der Waals surface area (Å²) in [6.07, 6.45) is -0.0795. The van der Waals surface area contributed by atoms with Crippen LogP contribution in [0.15, 0.2) is 28.7 Å². The Kier molecular flexibility index (Phi) is 4.21. The molecule has 1 fully saturated rings. The summed E-state index contributed by atoms with van der Waals surface area (Å²) in [6, 6.07) is 7.76. The van der Waals surface area contributed by atoms with Gasteiger partial charge in [-0.2, -0.15) is 0 Å². The number of aliphatic hydroxyl groups is 1. The first-order valence-electron chi connectivity index (χ1n) is 5.64. The van der Waals surface area contributed by atoms with E-state index in [9.17, 15) is 5.11 Å². The maximum Gasteiger partial charge on any atom is 0.164 e. The van der Waals surface area contributed by atoms with Crippen LogP contribution in [0.2, 0.25) is 0 Å². The molecule has 6 heteroatoms. The van der Waals surface area contributed by atoms with Crippen LogP contribution in [0.1, 0.15) is 12.0 Å². The maximum atomic E-state index is 10.3. The summed E-state index contributed by atoms with van der Waals surface area (Å²) in [7, 11) is 0. The molecule has 0 spiro atoms. The third kappa shape index (κ3) is 2.66. The highest BCUT2D eigenvalue weighted by Crippen LogP contribution is 2.33. The van der Waals surface area contributed by atoms with Crippen molar-refractivity contribution in [2.75, 3.05) is 13.2 Å². The summed E-state index contributed by atoms with van der Waals surface area (Å²) >= 11 is 8.37. The Balaban J connectivity index is 2.43. The zero-order valence-corrected chi connectivity index (χ0v) is 12.1. The van der Waals surface area contributed by atoms with Crippen LogP contribution in [0.4, 0.5) is 0 Å². The quantitative estimate of drug-likeness (QED) is 0.712. The van der Waals surface area contributed by atoms with Crippen molar-refractivity contribution in [2.24, 2.45) is 5.73 Å². The fraction of sp³-hybridized carbons (Fsp3) is 0.417. The van der Waals surface area contributed by atoms with Gasteiger partial charge < -0.3 is 20.9 Å². The largest absolute Gasteiger partial charge is 0.388 e. The Hall–Kier alpha value is -0.690. The molecule has 2 atom stereocenters. The monoisotopic (exact) mass is 330 g/mol. The van der Waals surface area contributed by atoms with E-state index in [2.05, 4.69) is 21.2 Å². The van der Waals surface area contributed by atoms with E-state index < -0.39 is 11.6 Å². The van der Waals surface area contributed by atoms with Crippen LogP contribution < -0.4 is 11.1 Å². The minimum Gasteiger partial charge on any atom is -0.388 e. The molecular formula is C12H15BrN2O2S. The molecule has 1 aromatic rings. The van der Waals surface area contributed by atoms with Gasteiger partial charge in [0.25, 0.3) is 0 Å². The third-order valence-electron chi connectivity index (χ3n) is 3.17. The van der Waals surface area contributed by atoms with Gasteiger partial charge in [0.15, 0.2) is 5.11 Å². The molecule has 4 nitrogen and oxygen atoms in total. The minimum absolute atomic E-state index is 0.177. The van der Waals surface area contributed by atoms with Crippen molar-refractivity contribution in [2.45, 2.75) is 18.1 Å². The molecule has 0 aromatic heterocycles. The summed E-state index contributed by atoms with van der Waals surface area (Å²) < 4.78 is 6.23. The van der Waals surface area contributed by atoms with Crippen molar-refractivity contribution >= 4 is 33.3 Å². The summed E-state index contributed by atoms with van der Waals surface area (Å²) in [6.45, 7) is 0.821. The molecule has 2 rings (SSSR count). The molecule has 0 aliphatic carbocycles. The SMILES string of the molecule is NC(=S)N[C@@]1(c2cccc(Br)c2)CCOC[C@@H]1O. The molecule has 0 saturated carbocycles. The van der Waals surface area contributed by atoms with Gasteiger partial charge in [-0.1, -0.05) is 28.1 Å². The third-order valence-corrected chi connectivity index (χ3v) is 3.77. The van der Waals surface area contributed by atoms with Gasteiger partial charge in [-0.3, -0.25) is 0 Å². The van der Waals surface area contributed by atoms with Crippen LogP contribution in [0.3, 0.4) is 0 Å². The lowest BCUT2D eigenvalue weighted by Gasteiger charge is -2.42. The van der Waals surface area contributed by atoms with Gasteiger partial charge in [0.2, 0.25) is 0 Å². The number of rotatable bonds is 2. The normalized spacial score (nSPS) is 27.8. The van der Waals surface area contributed by atoms with Crippen molar-refractivity contribution in [3.8, 4) is 0 Å². The minimum atomic E-state index is -0.693. The number of thiocarbonyl (C=S) groups is 1. The van der Waals surface area contributed by atoms with Crippen molar-refractivity contribution in [1.29, 1.82) is 0 Å². The van der Waals surface area contributed by atoms with Gasteiger partial charge in [-0.15, -0.1) is 0 Å². The molecule has 1 saturated heterocycles. The molecule has 18 heavy (non-hydrogen) atoms. The smallest absolute Gasteiger partial charge is 0.164 e. The molecule has 1 aliphatic rings. The molecular weight excluding hydrogens is 316 g/mol. The van der Waals surface area contributed by atoms with E-state index in [-0.39, 0.29) is 11.7 Å². The predicted octanol–water partition coefficient (Wildman–Crippen LogP) is 1.26. The molecule has 0 unspecified atom stereocenters. The second-order valence-electron chi connectivity index (χ2n) is 4.31. The number of hydrogen-bond acceptors (Lipinski definition) is 3. The van der Waals surface area contributed by atoms with Crippen molar-refractivity contribution in [3.05, 3.63) is 34.3 Å². The highest BCUT2D eigenvalue weighted by molar-refractivity contribution is 9.10. The lowest BCUT2D eigenvalue weighted by Crippen LogP contribution is -2.59. The molecule has 0 radical (unpaired) electrons. The topological polar surface area (TPSA) is 67.5 Å². The Morgan fingerprint density at radius 2 is 2.39 bits per heavy atom. The molecule has 0 amide bonds. The first-order chi connectivity index (χ1) is 8.54. The van der Waals surface area contributed by atoms with Gasteiger partial charge in [0.1, 0.15) is 6.10 Å². The number of halogens is 1. The van der Waals surface area contributed by atoms with Crippen LogP contribution in [-0.2, 0) is 10.3 Å². The lowest BCUT2D eigenvalue weighted by molar-refractivity contribution is -0.0670. The van der Waals surface area contributed by atoms with Crippen LogP contribution in [0, 0.1) is 0 Å². The standard InChI is InChI=1S/C12H15BrN2O2S/c13-9-3-1-2-8(6-9)12(15-11(14)18)4-5-17-7-10(12)16/h1-3,6,10,16H,4-5,7H2,(H3,14,15,18)/t10-,12+/m0/s1. The van der Waals surface area contributed by atoms with Gasteiger partial charge in [0, 0.05) is 17.5 Å². The molecule has 4 N–H and O–H groups in total. The number of ether oxygens (including phenoxy) is 1. The fourth-order valence-electron chi connectivity index (χ4n) is 2.28. The average Bonchev–Trinajstić information content (AvgIpc) is 2.31. The molecule has 0 bridgehead atoms. The first kappa shape index (κ1) is 13.7. The summed E-state index contributed by atoms with van der Waals surface area (Å²) in [5.41, 5.74) is 5.87. The molecule has 1 heterocycles. The molecule has 98 valence electrons. The fourth-order valence-corrected chi connectivity index (χ4v) is 2.86. The number of nitrogens with two attached hydrogens (primary N) is 1. The molecule has 1 aliphatic heterocycles. The van der Waals surface area contributed by atoms with Gasteiger partial charge in [0.05, 0.1) is 12.1 Å². The van der Waals surface area contributed by atoms with Crippen LogP contribution in [0.5, 0.6) is 0 Å². The number of aliphatic hydroxyl groups excluding tert-OH is 1. The van der Waals surface area contributed by atoms with Crippen LogP contribution in [-0.4, -0.2) is 29.5 Å². The van der Waals surface area contributed by atoms with Crippen molar-refractivity contribution < 1.29 is 9.84 Å². The summed E-state index contributed by atoms with van der Waals surface area (Å²) in [5, 5.41) is 13.5. The Morgan fingerprint density at radius 1 is 1.61 bits per heavy atom. The van der Waals surface area contributed by atoms with E-state index in [0.717, 1.165) is 10.0 Å². The van der Waals surface area contributed by atoms with E-state index in [1.54, 1.807) is 0 Å². The Morgan fingerprint density at radius 3 is 3.00 bits per heavy atom. The van der Waals surface area contributed by atoms with E-state index in [1.165, 1.54) is 0 Å². The second-order valence-corrected chi connectivity index (χ2v) is 5.67. The van der Waals surface area contributed by atoms with E-state index in [0.29, 0.717) is 13.0 Å². The van der Waals surface area contributed by atoms with Crippen LogP contribution >= 0.6 is 28.1 Å². The maximum absolute atomic E-state index is 10.3. The number of hydrogen-bond donors (Lipinski definition) is 3. The number of nitrogens with one attached hydrogen (secondary N) is 1. The van der Waals surface area contributed by atoms with E-state index in [4.69, 9.17) is 22.7 Å². The zero-order valence-electron chi connectivity index (χ0n) is 9.73. The van der Waals surface area contributed by atoms with Crippen molar-refractivity contribution in [3.63, 3.8) is 0 Å². The van der Waals surface area contributed by atoms with Gasteiger partial charge >= 0.3 is 0 Å². The highest BCUT2D eigenvalue weighted by Gasteiger charge is 2.42. The van der Waals surface area contributed by atoms with E-state index >= 15 is 0 Å². The van der Waals surface area contributed by atoms with Gasteiger partial charge in [-0.25, -0.2) is 0 Å². The van der Waals surface area contributed by atoms with Crippen molar-refractivity contribution in [1.82, 2.24) is 5.32 Å². The highest BCUT2D eigenvalue weighted by atomic mass is 79.9. The van der Waals surface area contributed by atoms with E-state index in [1.807, 2.05) is 24.3 Å². The second kappa shape index (κ2) is 5.52. The summed E-state index contributed by atoms with van der Waals surface area (Å²) in [5.74, 6) is 0. The number of benzene rings is 1. The first-order valence-corrected chi connectivity index (χ1v) is 6.84. The predicted molar refractivity (Wildman–Crippen MR) is 77.2 cm³/mol. The average molecular weight is 331 g/mol.